The highest BCUT2D eigenvalue weighted by Crippen LogP contribution is 2.27. The highest BCUT2D eigenvalue weighted by molar-refractivity contribution is 5.61. The Bertz CT molecular complexity index is 687. The summed E-state index contributed by atoms with van der Waals surface area (Å²) in [5, 5.41) is 0. The summed E-state index contributed by atoms with van der Waals surface area (Å²) in [5.41, 5.74) is 8.77. The van der Waals surface area contributed by atoms with Crippen LogP contribution in [0.1, 0.15) is 38.4 Å². The third-order valence-electron chi connectivity index (χ3n) is 3.70. The van der Waals surface area contributed by atoms with Gasteiger partial charge in [-0.15, -0.1) is 0 Å². The Morgan fingerprint density at radius 1 is 1.29 bits per heavy atom. The highest BCUT2D eigenvalue weighted by atomic mass is 19.1. The summed E-state index contributed by atoms with van der Waals surface area (Å²) in [6.07, 6.45) is 2.50. The Labute approximate surface area is 143 Å². The standard InChI is InChI=1S/C19H26FN3O/c1-12(10-19(4,5)21)11-24-17-13(2)8-16(23-18(17)20)15-6-7-22-14(3)9-15/h6-9,12H,10-11,21H2,1-5H3/t12-/m0/s1. The number of hydrogen-bond donors (Lipinski definition) is 1. The maximum Gasteiger partial charge on any atom is 0.256 e. The molecule has 0 spiro atoms. The summed E-state index contributed by atoms with van der Waals surface area (Å²) >= 11 is 0. The molecule has 4 nitrogen and oxygen atoms in total. The van der Waals surface area contributed by atoms with E-state index in [1.54, 1.807) is 6.20 Å². The van der Waals surface area contributed by atoms with Gasteiger partial charge in [-0.2, -0.15) is 4.39 Å². The van der Waals surface area contributed by atoms with Gasteiger partial charge >= 0.3 is 0 Å². The van der Waals surface area contributed by atoms with E-state index in [-0.39, 0.29) is 17.2 Å². The van der Waals surface area contributed by atoms with E-state index in [2.05, 4.69) is 9.97 Å². The molecule has 0 aliphatic carbocycles. The summed E-state index contributed by atoms with van der Waals surface area (Å²) in [5.74, 6) is -0.142. The molecular weight excluding hydrogens is 305 g/mol. The van der Waals surface area contributed by atoms with Crippen LogP contribution in [0, 0.1) is 25.7 Å². The summed E-state index contributed by atoms with van der Waals surface area (Å²) < 4.78 is 20.1. The van der Waals surface area contributed by atoms with Crippen molar-refractivity contribution in [2.45, 2.75) is 46.6 Å². The van der Waals surface area contributed by atoms with E-state index in [9.17, 15) is 4.39 Å². The van der Waals surface area contributed by atoms with Crippen LogP contribution < -0.4 is 10.5 Å². The Balaban J connectivity index is 2.16. The SMILES string of the molecule is Cc1cc(-c2cc(C)c(OC[C@@H](C)CC(C)(C)N)c(F)n2)ccn1. The van der Waals surface area contributed by atoms with Gasteiger partial charge in [0.05, 0.1) is 12.3 Å². The van der Waals surface area contributed by atoms with E-state index in [1.807, 2.05) is 52.8 Å². The fourth-order valence-corrected chi connectivity index (χ4v) is 2.83. The van der Waals surface area contributed by atoms with E-state index in [1.165, 1.54) is 0 Å². The number of hydrogen-bond acceptors (Lipinski definition) is 4. The molecule has 0 bridgehead atoms. The molecule has 24 heavy (non-hydrogen) atoms. The second-order valence-electron chi connectivity index (χ2n) is 7.24. The van der Waals surface area contributed by atoms with Gasteiger partial charge in [-0.05, 0) is 63.8 Å². The van der Waals surface area contributed by atoms with Crippen molar-refractivity contribution in [3.05, 3.63) is 41.6 Å². The van der Waals surface area contributed by atoms with Crippen molar-refractivity contribution >= 4 is 0 Å². The minimum Gasteiger partial charge on any atom is -0.488 e. The van der Waals surface area contributed by atoms with E-state index in [0.717, 1.165) is 23.2 Å². The van der Waals surface area contributed by atoms with Crippen molar-refractivity contribution < 1.29 is 9.13 Å². The van der Waals surface area contributed by atoms with Gasteiger partial charge in [-0.3, -0.25) is 4.98 Å². The lowest BCUT2D eigenvalue weighted by Gasteiger charge is -2.23. The smallest absolute Gasteiger partial charge is 0.256 e. The molecule has 1 atom stereocenters. The lowest BCUT2D eigenvalue weighted by molar-refractivity contribution is 0.218. The van der Waals surface area contributed by atoms with Gasteiger partial charge in [-0.1, -0.05) is 6.92 Å². The van der Waals surface area contributed by atoms with E-state index in [0.29, 0.717) is 12.3 Å². The molecule has 2 rings (SSSR count). The lowest BCUT2D eigenvalue weighted by atomic mass is 9.93. The number of nitrogens with zero attached hydrogens (tertiary/aromatic N) is 2. The molecule has 2 aromatic heterocycles. The largest absolute Gasteiger partial charge is 0.488 e. The second kappa shape index (κ2) is 7.26. The molecule has 2 aromatic rings. The minimum absolute atomic E-state index is 0.214. The Hall–Kier alpha value is -2.01. The first kappa shape index (κ1) is 18.3. The molecule has 0 aliphatic rings. The van der Waals surface area contributed by atoms with Crippen LogP contribution in [0.3, 0.4) is 0 Å². The average Bonchev–Trinajstić information content (AvgIpc) is 2.44. The molecule has 0 saturated heterocycles. The number of nitrogens with two attached hydrogens (primary N) is 1. The van der Waals surface area contributed by atoms with Gasteiger partial charge in [0.2, 0.25) is 0 Å². The van der Waals surface area contributed by atoms with Crippen molar-refractivity contribution in [1.29, 1.82) is 0 Å². The van der Waals surface area contributed by atoms with Gasteiger partial charge in [0, 0.05) is 23.0 Å². The Kier molecular flexibility index (Phi) is 5.54. The number of aromatic nitrogens is 2. The molecule has 0 aliphatic heterocycles. The summed E-state index contributed by atoms with van der Waals surface area (Å²) in [6, 6.07) is 5.54. The molecule has 0 saturated carbocycles. The zero-order chi connectivity index (χ0) is 17.9. The maximum absolute atomic E-state index is 14.4. The highest BCUT2D eigenvalue weighted by Gasteiger charge is 2.18. The van der Waals surface area contributed by atoms with E-state index in [4.69, 9.17) is 10.5 Å². The second-order valence-corrected chi connectivity index (χ2v) is 7.24. The summed E-state index contributed by atoms with van der Waals surface area (Å²) in [6.45, 7) is 10.1. The number of halogens is 1. The first-order valence-corrected chi connectivity index (χ1v) is 8.17. The fraction of sp³-hybridized carbons (Fsp3) is 0.474. The van der Waals surface area contributed by atoms with Gasteiger partial charge in [0.1, 0.15) is 0 Å². The molecule has 0 aromatic carbocycles. The first-order chi connectivity index (χ1) is 11.2. The minimum atomic E-state index is -0.585. The van der Waals surface area contributed by atoms with Gasteiger partial charge in [-0.25, -0.2) is 4.98 Å². The molecule has 0 unspecified atom stereocenters. The number of ether oxygens (including phenoxy) is 1. The molecule has 5 heteroatoms. The van der Waals surface area contributed by atoms with Crippen molar-refractivity contribution in [2.75, 3.05) is 6.61 Å². The average molecular weight is 331 g/mol. The van der Waals surface area contributed by atoms with Crippen LogP contribution in [-0.4, -0.2) is 22.1 Å². The summed E-state index contributed by atoms with van der Waals surface area (Å²) in [4.78, 5) is 8.20. The third kappa shape index (κ3) is 4.99. The normalized spacial score (nSPS) is 13.0. The van der Waals surface area contributed by atoms with Crippen LogP contribution in [0.4, 0.5) is 4.39 Å². The Morgan fingerprint density at radius 2 is 2.00 bits per heavy atom. The monoisotopic (exact) mass is 331 g/mol. The van der Waals surface area contributed by atoms with Crippen LogP contribution >= 0.6 is 0 Å². The maximum atomic E-state index is 14.4. The van der Waals surface area contributed by atoms with Crippen LogP contribution in [0.5, 0.6) is 5.75 Å². The zero-order valence-corrected chi connectivity index (χ0v) is 15.1. The number of aryl methyl sites for hydroxylation is 2. The molecule has 0 amide bonds. The van der Waals surface area contributed by atoms with E-state index < -0.39 is 5.95 Å². The Morgan fingerprint density at radius 3 is 2.58 bits per heavy atom. The fourth-order valence-electron chi connectivity index (χ4n) is 2.83. The van der Waals surface area contributed by atoms with E-state index >= 15 is 0 Å². The van der Waals surface area contributed by atoms with Crippen molar-refractivity contribution in [2.24, 2.45) is 11.7 Å². The molecule has 0 fully saturated rings. The topological polar surface area (TPSA) is 61.0 Å². The predicted octanol–water partition coefficient (Wildman–Crippen LogP) is 4.04. The van der Waals surface area contributed by atoms with Crippen LogP contribution in [0.25, 0.3) is 11.3 Å². The predicted molar refractivity (Wildman–Crippen MR) is 94.4 cm³/mol. The third-order valence-corrected chi connectivity index (χ3v) is 3.70. The molecule has 130 valence electrons. The first-order valence-electron chi connectivity index (χ1n) is 8.17. The van der Waals surface area contributed by atoms with Crippen LogP contribution in [-0.2, 0) is 0 Å². The van der Waals surface area contributed by atoms with Crippen molar-refractivity contribution in [3.63, 3.8) is 0 Å². The van der Waals surface area contributed by atoms with Gasteiger partial charge in [0.25, 0.3) is 5.95 Å². The van der Waals surface area contributed by atoms with Crippen molar-refractivity contribution in [1.82, 2.24) is 9.97 Å². The van der Waals surface area contributed by atoms with Gasteiger partial charge < -0.3 is 10.5 Å². The van der Waals surface area contributed by atoms with Crippen molar-refractivity contribution in [3.8, 4) is 17.0 Å². The number of pyridine rings is 2. The lowest BCUT2D eigenvalue weighted by Crippen LogP contribution is -2.35. The number of rotatable bonds is 6. The zero-order valence-electron chi connectivity index (χ0n) is 15.1. The van der Waals surface area contributed by atoms with Gasteiger partial charge in [0.15, 0.2) is 5.75 Å². The summed E-state index contributed by atoms with van der Waals surface area (Å²) in [7, 11) is 0. The molecule has 2 heterocycles. The molecule has 2 N–H and O–H groups in total. The quantitative estimate of drug-likeness (QED) is 0.812. The van der Waals surface area contributed by atoms with Crippen LogP contribution in [0.2, 0.25) is 0 Å². The van der Waals surface area contributed by atoms with Crippen LogP contribution in [0.15, 0.2) is 24.4 Å². The molecule has 0 radical (unpaired) electrons. The molecular formula is C19H26FN3O.